The average Bonchev–Trinajstić information content (AvgIpc) is 2.39. The number of hydrogen-bond donors (Lipinski definition) is 0. The van der Waals surface area contributed by atoms with E-state index in [0.29, 0.717) is 0 Å². The molecule has 2 heteroatoms. The van der Waals surface area contributed by atoms with E-state index in [1.807, 2.05) is 12.3 Å². The minimum Gasteiger partial charge on any atom is -0.292 e. The number of nitrogens with zero attached hydrogens (tertiary/aromatic N) is 1. The minimum atomic E-state index is 0.829. The van der Waals surface area contributed by atoms with Gasteiger partial charge in [-0.25, -0.2) is 0 Å². The normalized spacial score (nSPS) is 11.0. The van der Waals surface area contributed by atoms with Crippen molar-refractivity contribution in [3.63, 3.8) is 0 Å². The second-order valence-corrected chi connectivity index (χ2v) is 5.18. The molecule has 0 aliphatic carbocycles. The Balaban J connectivity index is 1.89. The van der Waals surface area contributed by atoms with Crippen molar-refractivity contribution in [1.82, 2.24) is 0 Å². The standard InChI is InChI=1S/C16H16BrN/c1-13-4-2-3-5-15(13)12-18-11-10-14-6-8-16(17)9-7-14/h2-9,12H,10-11H2,1H3. The Bertz CT molecular complexity index is 529. The Hall–Kier alpha value is -1.41. The van der Waals surface area contributed by atoms with Crippen LogP contribution in [0, 0.1) is 6.92 Å². The molecule has 18 heavy (non-hydrogen) atoms. The second kappa shape index (κ2) is 6.50. The lowest BCUT2D eigenvalue weighted by atomic mass is 10.1. The third kappa shape index (κ3) is 3.81. The molecule has 92 valence electrons. The van der Waals surface area contributed by atoms with Crippen molar-refractivity contribution in [2.75, 3.05) is 6.54 Å². The molecule has 0 atom stereocenters. The first-order valence-electron chi connectivity index (χ1n) is 6.05. The van der Waals surface area contributed by atoms with Crippen LogP contribution in [0.4, 0.5) is 0 Å². The zero-order valence-electron chi connectivity index (χ0n) is 10.4. The van der Waals surface area contributed by atoms with Crippen molar-refractivity contribution in [2.45, 2.75) is 13.3 Å². The Morgan fingerprint density at radius 2 is 1.78 bits per heavy atom. The number of rotatable bonds is 4. The molecule has 2 rings (SSSR count). The molecule has 0 aliphatic rings. The van der Waals surface area contributed by atoms with Crippen LogP contribution >= 0.6 is 15.9 Å². The molecule has 0 radical (unpaired) electrons. The summed E-state index contributed by atoms with van der Waals surface area (Å²) in [6.07, 6.45) is 2.95. The molecule has 0 unspecified atom stereocenters. The molecule has 0 saturated carbocycles. The van der Waals surface area contributed by atoms with Gasteiger partial charge in [0.1, 0.15) is 0 Å². The molecule has 0 N–H and O–H groups in total. The summed E-state index contributed by atoms with van der Waals surface area (Å²) in [5.74, 6) is 0. The van der Waals surface area contributed by atoms with Gasteiger partial charge < -0.3 is 0 Å². The van der Waals surface area contributed by atoms with Crippen LogP contribution in [0.1, 0.15) is 16.7 Å². The van der Waals surface area contributed by atoms with E-state index in [1.54, 1.807) is 0 Å². The van der Waals surface area contributed by atoms with Crippen molar-refractivity contribution in [3.05, 3.63) is 69.7 Å². The summed E-state index contributed by atoms with van der Waals surface area (Å²) >= 11 is 3.44. The first-order chi connectivity index (χ1) is 8.75. The van der Waals surface area contributed by atoms with Crippen molar-refractivity contribution in [1.29, 1.82) is 0 Å². The Morgan fingerprint density at radius 1 is 1.06 bits per heavy atom. The molecule has 0 fully saturated rings. The summed E-state index contributed by atoms with van der Waals surface area (Å²) in [4.78, 5) is 4.48. The SMILES string of the molecule is Cc1ccccc1C=NCCc1ccc(Br)cc1. The maximum atomic E-state index is 4.48. The van der Waals surface area contributed by atoms with Gasteiger partial charge in [0.2, 0.25) is 0 Å². The largest absolute Gasteiger partial charge is 0.292 e. The number of aryl methyl sites for hydroxylation is 1. The maximum absolute atomic E-state index is 4.48. The van der Waals surface area contributed by atoms with Crippen LogP contribution in [0.3, 0.4) is 0 Å². The summed E-state index contributed by atoms with van der Waals surface area (Å²) < 4.78 is 1.12. The highest BCUT2D eigenvalue weighted by Crippen LogP contribution is 2.11. The maximum Gasteiger partial charge on any atom is 0.0429 e. The van der Waals surface area contributed by atoms with Crippen molar-refractivity contribution >= 4 is 22.1 Å². The van der Waals surface area contributed by atoms with Gasteiger partial charge in [-0.05, 0) is 42.2 Å². The molecule has 0 aromatic heterocycles. The molecule has 0 heterocycles. The third-order valence-electron chi connectivity index (χ3n) is 2.86. The summed E-state index contributed by atoms with van der Waals surface area (Å²) in [5, 5.41) is 0. The van der Waals surface area contributed by atoms with Crippen LogP contribution in [0.2, 0.25) is 0 Å². The van der Waals surface area contributed by atoms with Gasteiger partial charge in [0, 0.05) is 17.2 Å². The first-order valence-corrected chi connectivity index (χ1v) is 6.85. The van der Waals surface area contributed by atoms with Crippen LogP contribution in [0.5, 0.6) is 0 Å². The summed E-state index contributed by atoms with van der Waals surface area (Å²) in [7, 11) is 0. The lowest BCUT2D eigenvalue weighted by Gasteiger charge is -2.00. The van der Waals surface area contributed by atoms with E-state index in [1.165, 1.54) is 16.7 Å². The molecule has 0 amide bonds. The zero-order chi connectivity index (χ0) is 12.8. The van der Waals surface area contributed by atoms with Gasteiger partial charge in [0.25, 0.3) is 0 Å². The van der Waals surface area contributed by atoms with Gasteiger partial charge in [-0.2, -0.15) is 0 Å². The van der Waals surface area contributed by atoms with Crippen LogP contribution in [0.25, 0.3) is 0 Å². The van der Waals surface area contributed by atoms with E-state index in [0.717, 1.165) is 17.4 Å². The van der Waals surface area contributed by atoms with Crippen LogP contribution in [-0.4, -0.2) is 12.8 Å². The fourth-order valence-corrected chi connectivity index (χ4v) is 2.00. The van der Waals surface area contributed by atoms with E-state index in [9.17, 15) is 0 Å². The fraction of sp³-hybridized carbons (Fsp3) is 0.188. The lowest BCUT2D eigenvalue weighted by molar-refractivity contribution is 0.973. The van der Waals surface area contributed by atoms with Gasteiger partial charge in [-0.3, -0.25) is 4.99 Å². The molecular formula is C16H16BrN. The number of hydrogen-bond acceptors (Lipinski definition) is 1. The lowest BCUT2D eigenvalue weighted by Crippen LogP contribution is -1.91. The monoisotopic (exact) mass is 301 g/mol. The topological polar surface area (TPSA) is 12.4 Å². The fourth-order valence-electron chi connectivity index (χ4n) is 1.74. The number of halogens is 1. The molecule has 0 saturated heterocycles. The molecule has 1 nitrogen and oxygen atoms in total. The Kier molecular flexibility index (Phi) is 4.71. The molecule has 0 aliphatic heterocycles. The van der Waals surface area contributed by atoms with Gasteiger partial charge in [-0.1, -0.05) is 52.3 Å². The van der Waals surface area contributed by atoms with Gasteiger partial charge >= 0.3 is 0 Å². The van der Waals surface area contributed by atoms with Crippen LogP contribution in [0.15, 0.2) is 58.0 Å². The Morgan fingerprint density at radius 3 is 2.50 bits per heavy atom. The van der Waals surface area contributed by atoms with E-state index in [-0.39, 0.29) is 0 Å². The van der Waals surface area contributed by atoms with Crippen molar-refractivity contribution < 1.29 is 0 Å². The predicted octanol–water partition coefficient (Wildman–Crippen LogP) is 4.42. The van der Waals surface area contributed by atoms with Crippen molar-refractivity contribution in [2.24, 2.45) is 4.99 Å². The van der Waals surface area contributed by atoms with Crippen LogP contribution < -0.4 is 0 Å². The summed E-state index contributed by atoms with van der Waals surface area (Å²) in [6, 6.07) is 16.7. The number of benzene rings is 2. The van der Waals surface area contributed by atoms with E-state index < -0.39 is 0 Å². The van der Waals surface area contributed by atoms with E-state index >= 15 is 0 Å². The zero-order valence-corrected chi connectivity index (χ0v) is 12.0. The Labute approximate surface area is 117 Å². The minimum absolute atomic E-state index is 0.829. The van der Waals surface area contributed by atoms with E-state index in [2.05, 4.69) is 70.3 Å². The molecule has 0 bridgehead atoms. The smallest absolute Gasteiger partial charge is 0.0429 e. The number of aliphatic imine (C=N–C) groups is 1. The first kappa shape index (κ1) is 13.0. The third-order valence-corrected chi connectivity index (χ3v) is 3.39. The summed E-state index contributed by atoms with van der Waals surface area (Å²) in [6.45, 7) is 2.94. The van der Waals surface area contributed by atoms with Gasteiger partial charge in [-0.15, -0.1) is 0 Å². The highest BCUT2D eigenvalue weighted by Gasteiger charge is 1.93. The molecule has 2 aromatic carbocycles. The quantitative estimate of drug-likeness (QED) is 0.741. The van der Waals surface area contributed by atoms with Gasteiger partial charge in [0.15, 0.2) is 0 Å². The second-order valence-electron chi connectivity index (χ2n) is 4.27. The highest BCUT2D eigenvalue weighted by molar-refractivity contribution is 9.10. The van der Waals surface area contributed by atoms with Crippen molar-refractivity contribution in [3.8, 4) is 0 Å². The van der Waals surface area contributed by atoms with Gasteiger partial charge in [0.05, 0.1) is 0 Å². The molecule has 2 aromatic rings. The average molecular weight is 302 g/mol. The van der Waals surface area contributed by atoms with E-state index in [4.69, 9.17) is 0 Å². The summed E-state index contributed by atoms with van der Waals surface area (Å²) in [5.41, 5.74) is 3.79. The molecule has 0 spiro atoms. The predicted molar refractivity (Wildman–Crippen MR) is 81.5 cm³/mol. The highest BCUT2D eigenvalue weighted by atomic mass is 79.9. The molecular weight excluding hydrogens is 286 g/mol. The van der Waals surface area contributed by atoms with Crippen LogP contribution in [-0.2, 0) is 6.42 Å².